The van der Waals surface area contributed by atoms with Gasteiger partial charge >= 0.3 is 0 Å². The zero-order chi connectivity index (χ0) is 14.8. The van der Waals surface area contributed by atoms with Gasteiger partial charge in [-0.1, -0.05) is 30.3 Å². The highest BCUT2D eigenvalue weighted by molar-refractivity contribution is 7.89. The molecule has 1 heterocycles. The highest BCUT2D eigenvalue weighted by atomic mass is 35.5. The van der Waals surface area contributed by atoms with Crippen LogP contribution in [0.3, 0.4) is 0 Å². The fraction of sp³-hybridized carbons (Fsp3) is 0.308. The van der Waals surface area contributed by atoms with Crippen molar-refractivity contribution in [2.45, 2.75) is 17.4 Å². The van der Waals surface area contributed by atoms with Crippen LogP contribution >= 0.6 is 11.6 Å². The number of aryl methyl sites for hydroxylation is 1. The molecule has 1 atom stereocenters. The lowest BCUT2D eigenvalue weighted by Crippen LogP contribution is -2.44. The summed E-state index contributed by atoms with van der Waals surface area (Å²) in [4.78, 5) is 0.118. The molecule has 1 aromatic carbocycles. The summed E-state index contributed by atoms with van der Waals surface area (Å²) in [5.74, 6) is 0.122. The molecule has 5 nitrogen and oxygen atoms in total. The molecule has 0 saturated carbocycles. The molecule has 0 saturated heterocycles. The summed E-state index contributed by atoms with van der Waals surface area (Å²) in [5.41, 5.74) is -0.0697. The smallest absolute Gasteiger partial charge is 0.244 e. The van der Waals surface area contributed by atoms with Gasteiger partial charge in [0.2, 0.25) is 10.0 Å². The van der Waals surface area contributed by atoms with Crippen LogP contribution in [0.25, 0.3) is 0 Å². The second-order valence-corrected chi connectivity index (χ2v) is 6.74. The first-order chi connectivity index (χ1) is 9.37. The molecule has 0 fully saturated rings. The molecule has 0 aliphatic rings. The summed E-state index contributed by atoms with van der Waals surface area (Å²) in [7, 11) is -2.01. The summed E-state index contributed by atoms with van der Waals surface area (Å²) < 4.78 is 28.8. The topological polar surface area (TPSA) is 64.0 Å². The molecule has 1 aromatic heterocycles. The van der Waals surface area contributed by atoms with Crippen molar-refractivity contribution in [3.05, 3.63) is 48.3 Å². The van der Waals surface area contributed by atoms with Gasteiger partial charge in [-0.3, -0.25) is 4.68 Å². The first kappa shape index (κ1) is 15.0. The molecule has 0 radical (unpaired) electrons. The van der Waals surface area contributed by atoms with Crippen molar-refractivity contribution >= 4 is 21.6 Å². The van der Waals surface area contributed by atoms with Gasteiger partial charge in [-0.25, -0.2) is 8.42 Å². The maximum absolute atomic E-state index is 12.4. The molecule has 2 aromatic rings. The van der Waals surface area contributed by atoms with Crippen molar-refractivity contribution in [1.29, 1.82) is 0 Å². The van der Waals surface area contributed by atoms with Gasteiger partial charge in [-0.05, 0) is 12.5 Å². The van der Waals surface area contributed by atoms with Crippen molar-refractivity contribution in [2.75, 3.05) is 5.88 Å². The minimum Gasteiger partial charge on any atom is -0.274 e. The predicted octanol–water partition coefficient (Wildman–Crippen LogP) is 1.85. The standard InChI is InChI=1S/C13H16ClN3O2S/c1-13(10-14,11-6-4-3-5-7-11)16-20(18,19)12-8-15-17(2)9-12/h3-9,16H,10H2,1-2H3. The maximum Gasteiger partial charge on any atom is 0.244 e. The number of nitrogens with one attached hydrogen (secondary N) is 1. The lowest BCUT2D eigenvalue weighted by atomic mass is 9.96. The SMILES string of the molecule is Cn1cc(S(=O)(=O)NC(C)(CCl)c2ccccc2)cn1. The third-order valence-electron chi connectivity index (χ3n) is 3.03. The van der Waals surface area contributed by atoms with Crippen LogP contribution in [0.2, 0.25) is 0 Å². The van der Waals surface area contributed by atoms with Gasteiger partial charge in [0.25, 0.3) is 0 Å². The first-order valence-electron chi connectivity index (χ1n) is 6.01. The summed E-state index contributed by atoms with van der Waals surface area (Å²) in [6.45, 7) is 1.75. The fourth-order valence-corrected chi connectivity index (χ4v) is 3.54. The highest BCUT2D eigenvalue weighted by Gasteiger charge is 2.32. The van der Waals surface area contributed by atoms with Crippen LogP contribution in [-0.2, 0) is 22.6 Å². The maximum atomic E-state index is 12.4. The van der Waals surface area contributed by atoms with Crippen LogP contribution in [0, 0.1) is 0 Å². The summed E-state index contributed by atoms with van der Waals surface area (Å²) in [5, 5.41) is 3.88. The molecular formula is C13H16ClN3O2S. The van der Waals surface area contributed by atoms with Gasteiger partial charge in [-0.15, -0.1) is 11.6 Å². The normalized spacial score (nSPS) is 14.9. The molecule has 0 bridgehead atoms. The first-order valence-corrected chi connectivity index (χ1v) is 8.03. The number of benzene rings is 1. The van der Waals surface area contributed by atoms with Crippen molar-refractivity contribution < 1.29 is 8.42 Å². The van der Waals surface area contributed by atoms with Gasteiger partial charge in [0.1, 0.15) is 4.90 Å². The van der Waals surface area contributed by atoms with Crippen molar-refractivity contribution in [1.82, 2.24) is 14.5 Å². The van der Waals surface area contributed by atoms with Crippen LogP contribution in [0.5, 0.6) is 0 Å². The van der Waals surface area contributed by atoms with Crippen LogP contribution in [0.15, 0.2) is 47.6 Å². The number of sulfonamides is 1. The van der Waals surface area contributed by atoms with Crippen LogP contribution in [-0.4, -0.2) is 24.1 Å². The monoisotopic (exact) mass is 313 g/mol. The van der Waals surface area contributed by atoms with Crippen LogP contribution in [0.4, 0.5) is 0 Å². The van der Waals surface area contributed by atoms with Crippen molar-refractivity contribution in [3.63, 3.8) is 0 Å². The third-order valence-corrected chi connectivity index (χ3v) is 5.11. The minimum atomic E-state index is -3.68. The highest BCUT2D eigenvalue weighted by Crippen LogP contribution is 2.24. The van der Waals surface area contributed by atoms with E-state index in [1.54, 1.807) is 14.0 Å². The number of hydrogen-bond donors (Lipinski definition) is 1. The second kappa shape index (κ2) is 5.55. The number of alkyl halides is 1. The Morgan fingerprint density at radius 2 is 2.00 bits per heavy atom. The van der Waals surface area contributed by atoms with E-state index in [9.17, 15) is 8.42 Å². The van der Waals surface area contributed by atoms with E-state index in [1.807, 2.05) is 30.3 Å². The van der Waals surface area contributed by atoms with E-state index in [4.69, 9.17) is 11.6 Å². The summed E-state index contributed by atoms with van der Waals surface area (Å²) in [6, 6.07) is 9.24. The number of rotatable bonds is 5. The molecule has 1 N–H and O–H groups in total. The molecule has 0 spiro atoms. The van der Waals surface area contributed by atoms with E-state index in [2.05, 4.69) is 9.82 Å². The average molecular weight is 314 g/mol. The number of halogens is 1. The molecule has 2 rings (SSSR count). The Hall–Kier alpha value is -1.37. The van der Waals surface area contributed by atoms with E-state index >= 15 is 0 Å². The zero-order valence-electron chi connectivity index (χ0n) is 11.2. The van der Waals surface area contributed by atoms with Gasteiger partial charge < -0.3 is 0 Å². The molecule has 0 aliphatic carbocycles. The minimum absolute atomic E-state index is 0.118. The van der Waals surface area contributed by atoms with Crippen LogP contribution in [0.1, 0.15) is 12.5 Å². The van der Waals surface area contributed by atoms with E-state index in [-0.39, 0.29) is 10.8 Å². The van der Waals surface area contributed by atoms with Gasteiger partial charge in [0, 0.05) is 19.1 Å². The summed E-state index contributed by atoms with van der Waals surface area (Å²) >= 11 is 5.99. The number of aromatic nitrogens is 2. The van der Waals surface area contributed by atoms with E-state index in [1.165, 1.54) is 17.1 Å². The molecule has 7 heteroatoms. The van der Waals surface area contributed by atoms with Crippen LogP contribution < -0.4 is 4.72 Å². The lowest BCUT2D eigenvalue weighted by molar-refractivity contribution is 0.477. The molecule has 1 unspecified atom stereocenters. The van der Waals surface area contributed by atoms with Crippen molar-refractivity contribution in [2.24, 2.45) is 7.05 Å². The quantitative estimate of drug-likeness (QED) is 0.857. The Morgan fingerprint density at radius 1 is 1.35 bits per heavy atom. The molecule has 108 valence electrons. The molecular weight excluding hydrogens is 298 g/mol. The zero-order valence-corrected chi connectivity index (χ0v) is 12.8. The fourth-order valence-electron chi connectivity index (χ4n) is 1.86. The molecule has 20 heavy (non-hydrogen) atoms. The summed E-state index contributed by atoms with van der Waals surface area (Å²) in [6.07, 6.45) is 2.75. The Labute approximate surface area is 123 Å². The molecule has 0 aliphatic heterocycles. The largest absolute Gasteiger partial charge is 0.274 e. The van der Waals surface area contributed by atoms with Crippen molar-refractivity contribution in [3.8, 4) is 0 Å². The Morgan fingerprint density at radius 3 is 2.50 bits per heavy atom. The van der Waals surface area contributed by atoms with Gasteiger partial charge in [-0.2, -0.15) is 9.82 Å². The van der Waals surface area contributed by atoms with E-state index in [0.29, 0.717) is 0 Å². The van der Waals surface area contributed by atoms with E-state index < -0.39 is 15.6 Å². The number of hydrogen-bond acceptors (Lipinski definition) is 3. The Bertz CT molecular complexity index is 685. The number of nitrogens with zero attached hydrogens (tertiary/aromatic N) is 2. The van der Waals surface area contributed by atoms with Gasteiger partial charge in [0.15, 0.2) is 0 Å². The van der Waals surface area contributed by atoms with E-state index in [0.717, 1.165) is 5.56 Å². The molecule has 0 amide bonds. The predicted molar refractivity (Wildman–Crippen MR) is 78.0 cm³/mol. The lowest BCUT2D eigenvalue weighted by Gasteiger charge is -2.28. The van der Waals surface area contributed by atoms with Gasteiger partial charge in [0.05, 0.1) is 11.7 Å². The Kier molecular flexibility index (Phi) is 4.17. The Balaban J connectivity index is 2.35. The average Bonchev–Trinajstić information content (AvgIpc) is 2.87. The third kappa shape index (κ3) is 3.03. The second-order valence-electron chi connectivity index (χ2n) is 4.79.